The molecule has 0 saturated carbocycles. The van der Waals surface area contributed by atoms with E-state index in [1.807, 2.05) is 6.07 Å². The Kier molecular flexibility index (Phi) is 9.36. The molecule has 2 heterocycles. The second kappa shape index (κ2) is 12.6. The quantitative estimate of drug-likeness (QED) is 0.173. The summed E-state index contributed by atoms with van der Waals surface area (Å²) in [6.07, 6.45) is -5.31. The van der Waals surface area contributed by atoms with E-state index in [1.54, 1.807) is 36.6 Å². The van der Waals surface area contributed by atoms with E-state index in [0.29, 0.717) is 16.6 Å². The van der Waals surface area contributed by atoms with Crippen LogP contribution in [0.1, 0.15) is 18.5 Å². The first-order chi connectivity index (χ1) is 18.9. The molecule has 5 nitrogen and oxygen atoms in total. The van der Waals surface area contributed by atoms with Crippen molar-refractivity contribution >= 4 is 34.0 Å². The molecule has 0 bridgehead atoms. The van der Waals surface area contributed by atoms with E-state index >= 15 is 0 Å². The molecule has 1 aliphatic heterocycles. The van der Waals surface area contributed by atoms with Gasteiger partial charge in [0.05, 0.1) is 23.4 Å². The van der Waals surface area contributed by atoms with Crippen LogP contribution in [0.25, 0.3) is 10.9 Å². The number of nitrogens with one attached hydrogen (secondary N) is 2. The van der Waals surface area contributed by atoms with Gasteiger partial charge in [-0.1, -0.05) is 12.0 Å². The molecule has 3 aromatic rings. The first-order valence-corrected chi connectivity index (χ1v) is 13.9. The zero-order valence-corrected chi connectivity index (χ0v) is 22.9. The lowest BCUT2D eigenvalue weighted by molar-refractivity contribution is -0.153. The Hall–Kier alpha value is -3.17. The standard InChI is InChI=1S/C28H30F6N4OS/c1-37-13-10-19(11-14-37)36-23-6-3-7-25-22(23)15-20(38(25)17-27(29,30)31)5-4-12-35-24-9-8-21(40-2)16-26(24)39-18-28(32,33)34/h3,6-9,15-16,19,35-36H,10-14,17-18H2,1-2H3. The summed E-state index contributed by atoms with van der Waals surface area (Å²) in [5, 5.41) is 7.07. The highest BCUT2D eigenvalue weighted by Crippen LogP contribution is 2.32. The van der Waals surface area contributed by atoms with E-state index in [1.165, 1.54) is 17.8 Å². The summed E-state index contributed by atoms with van der Waals surface area (Å²) < 4.78 is 84.8. The lowest BCUT2D eigenvalue weighted by atomic mass is 10.0. The SMILES string of the molecule is CSc1ccc(NCC#Cc2cc3c(NC4CCN(C)CC4)cccc3n2CC(F)(F)F)c(OCC(F)(F)F)c1. The molecule has 0 radical (unpaired) electrons. The van der Waals surface area contributed by atoms with Gasteiger partial charge < -0.3 is 24.8 Å². The van der Waals surface area contributed by atoms with Crippen molar-refractivity contribution < 1.29 is 31.1 Å². The molecule has 216 valence electrons. The number of halogens is 6. The molecule has 0 aliphatic carbocycles. The van der Waals surface area contributed by atoms with Gasteiger partial charge in [0.15, 0.2) is 6.61 Å². The predicted octanol–water partition coefficient (Wildman–Crippen LogP) is 6.84. The molecular weight excluding hydrogens is 554 g/mol. The number of piperidine rings is 1. The third-order valence-electron chi connectivity index (χ3n) is 6.53. The number of anilines is 2. The topological polar surface area (TPSA) is 41.5 Å². The number of hydrogen-bond donors (Lipinski definition) is 2. The first-order valence-electron chi connectivity index (χ1n) is 12.7. The second-order valence-corrected chi connectivity index (χ2v) is 10.5. The molecule has 1 saturated heterocycles. The Morgan fingerprint density at radius 3 is 2.42 bits per heavy atom. The molecule has 40 heavy (non-hydrogen) atoms. The summed E-state index contributed by atoms with van der Waals surface area (Å²) in [4.78, 5) is 2.96. The average Bonchev–Trinajstić information content (AvgIpc) is 3.23. The number of fused-ring (bicyclic) bond motifs is 1. The smallest absolute Gasteiger partial charge is 0.422 e. The van der Waals surface area contributed by atoms with Crippen molar-refractivity contribution in [3.05, 3.63) is 48.2 Å². The van der Waals surface area contributed by atoms with Crippen LogP contribution in [0.3, 0.4) is 0 Å². The summed E-state index contributed by atoms with van der Waals surface area (Å²) in [5.74, 6) is 5.65. The van der Waals surface area contributed by atoms with Crippen LogP contribution in [0.15, 0.2) is 47.4 Å². The Balaban J connectivity index is 1.57. The van der Waals surface area contributed by atoms with Crippen molar-refractivity contribution in [2.24, 2.45) is 0 Å². The van der Waals surface area contributed by atoms with Crippen LogP contribution in [0.4, 0.5) is 37.7 Å². The highest BCUT2D eigenvalue weighted by atomic mass is 32.2. The van der Waals surface area contributed by atoms with Gasteiger partial charge in [0.1, 0.15) is 12.3 Å². The summed E-state index contributed by atoms with van der Waals surface area (Å²) in [6.45, 7) is -0.784. The molecule has 1 aliphatic rings. The molecule has 1 aromatic heterocycles. The minimum atomic E-state index is -4.50. The predicted molar refractivity (Wildman–Crippen MR) is 147 cm³/mol. The van der Waals surface area contributed by atoms with E-state index in [0.717, 1.165) is 41.1 Å². The number of thioether (sulfide) groups is 1. The molecule has 0 spiro atoms. The second-order valence-electron chi connectivity index (χ2n) is 9.61. The maximum absolute atomic E-state index is 13.5. The molecular formula is C28H30F6N4OS. The molecule has 0 unspecified atom stereocenters. The van der Waals surface area contributed by atoms with Crippen molar-refractivity contribution in [3.63, 3.8) is 0 Å². The van der Waals surface area contributed by atoms with Gasteiger partial charge in [-0.2, -0.15) is 26.3 Å². The highest BCUT2D eigenvalue weighted by molar-refractivity contribution is 7.98. The molecule has 0 amide bonds. The number of likely N-dealkylation sites (tertiary alicyclic amines) is 1. The number of hydrogen-bond acceptors (Lipinski definition) is 5. The zero-order chi connectivity index (χ0) is 28.9. The van der Waals surface area contributed by atoms with Crippen molar-refractivity contribution in [2.75, 3.05) is 50.2 Å². The van der Waals surface area contributed by atoms with Gasteiger partial charge in [0.25, 0.3) is 0 Å². The Bertz CT molecular complexity index is 1370. The highest BCUT2D eigenvalue weighted by Gasteiger charge is 2.30. The molecule has 4 rings (SSSR count). The van der Waals surface area contributed by atoms with Gasteiger partial charge in [-0.25, -0.2) is 0 Å². The Labute approximate surface area is 233 Å². The fourth-order valence-electron chi connectivity index (χ4n) is 4.57. The largest absolute Gasteiger partial charge is 0.482 e. The lowest BCUT2D eigenvalue weighted by Crippen LogP contribution is -2.36. The summed E-state index contributed by atoms with van der Waals surface area (Å²) in [7, 11) is 2.06. The van der Waals surface area contributed by atoms with Crippen molar-refractivity contribution in [2.45, 2.75) is 42.7 Å². The maximum atomic E-state index is 13.5. The van der Waals surface area contributed by atoms with Crippen LogP contribution in [0.5, 0.6) is 5.75 Å². The normalized spacial score (nSPS) is 15.1. The molecule has 2 N–H and O–H groups in total. The lowest BCUT2D eigenvalue weighted by Gasteiger charge is -2.30. The first kappa shape index (κ1) is 29.8. The summed E-state index contributed by atoms with van der Waals surface area (Å²) in [6, 6.07) is 11.9. The van der Waals surface area contributed by atoms with E-state index < -0.39 is 25.5 Å². The average molecular weight is 585 g/mol. The molecule has 1 fully saturated rings. The van der Waals surface area contributed by atoms with E-state index in [-0.39, 0.29) is 24.0 Å². The number of ether oxygens (including phenoxy) is 1. The Morgan fingerprint density at radius 2 is 1.75 bits per heavy atom. The minimum absolute atomic E-state index is 0.0155. The van der Waals surface area contributed by atoms with Gasteiger partial charge in [0.2, 0.25) is 0 Å². The monoisotopic (exact) mass is 584 g/mol. The number of aromatic nitrogens is 1. The van der Waals surface area contributed by atoms with Crippen LogP contribution in [0, 0.1) is 11.8 Å². The van der Waals surface area contributed by atoms with Crippen molar-refractivity contribution in [3.8, 4) is 17.6 Å². The van der Waals surface area contributed by atoms with Crippen LogP contribution in [-0.4, -0.2) is 67.4 Å². The van der Waals surface area contributed by atoms with Gasteiger partial charge >= 0.3 is 12.4 Å². The number of nitrogens with zero attached hydrogens (tertiary/aromatic N) is 2. The van der Waals surface area contributed by atoms with Gasteiger partial charge in [-0.3, -0.25) is 0 Å². The van der Waals surface area contributed by atoms with Crippen molar-refractivity contribution in [1.82, 2.24) is 9.47 Å². The summed E-state index contributed by atoms with van der Waals surface area (Å²) >= 11 is 1.35. The fraction of sp³-hybridized carbons (Fsp3) is 0.429. The third-order valence-corrected chi connectivity index (χ3v) is 7.25. The minimum Gasteiger partial charge on any atom is -0.482 e. The maximum Gasteiger partial charge on any atom is 0.422 e. The molecule has 12 heteroatoms. The number of benzene rings is 2. The van der Waals surface area contributed by atoms with Crippen LogP contribution in [0.2, 0.25) is 0 Å². The third kappa shape index (κ3) is 8.17. The van der Waals surface area contributed by atoms with Gasteiger partial charge in [0, 0.05) is 22.0 Å². The van der Waals surface area contributed by atoms with Gasteiger partial charge in [-0.05, 0) is 81.6 Å². The van der Waals surface area contributed by atoms with Crippen LogP contribution in [-0.2, 0) is 6.54 Å². The van der Waals surface area contributed by atoms with Crippen LogP contribution < -0.4 is 15.4 Å². The van der Waals surface area contributed by atoms with Gasteiger partial charge in [-0.15, -0.1) is 11.8 Å². The van der Waals surface area contributed by atoms with Crippen LogP contribution >= 0.6 is 11.8 Å². The van der Waals surface area contributed by atoms with E-state index in [2.05, 4.69) is 34.4 Å². The van der Waals surface area contributed by atoms with Crippen molar-refractivity contribution in [1.29, 1.82) is 0 Å². The van der Waals surface area contributed by atoms with E-state index in [9.17, 15) is 26.3 Å². The van der Waals surface area contributed by atoms with E-state index in [4.69, 9.17) is 4.74 Å². The molecule has 0 atom stereocenters. The molecule has 2 aromatic carbocycles. The fourth-order valence-corrected chi connectivity index (χ4v) is 4.99. The zero-order valence-electron chi connectivity index (χ0n) is 22.0. The Morgan fingerprint density at radius 1 is 1.00 bits per heavy atom. The number of rotatable bonds is 8. The number of alkyl halides is 6. The summed E-state index contributed by atoms with van der Waals surface area (Å²) in [5.41, 5.74) is 1.67.